The molecule has 0 saturated carbocycles. The molecule has 2 rings (SSSR count). The first kappa shape index (κ1) is 15.3. The summed E-state index contributed by atoms with van der Waals surface area (Å²) in [5.74, 6) is -0.714. The van der Waals surface area contributed by atoms with Crippen molar-refractivity contribution in [1.29, 1.82) is 0 Å². The molecule has 0 aromatic heterocycles. The van der Waals surface area contributed by atoms with E-state index in [1.54, 1.807) is 6.92 Å². The summed E-state index contributed by atoms with van der Waals surface area (Å²) in [6.45, 7) is 3.58. The summed E-state index contributed by atoms with van der Waals surface area (Å²) in [5, 5.41) is 2.75. The van der Waals surface area contributed by atoms with Crippen LogP contribution < -0.4 is 5.32 Å². The predicted octanol–water partition coefficient (Wildman–Crippen LogP) is 3.22. The van der Waals surface area contributed by atoms with Gasteiger partial charge < -0.3 is 10.1 Å². The molecule has 0 spiro atoms. The summed E-state index contributed by atoms with van der Waals surface area (Å²) in [6.07, 6.45) is 5.66. The molecule has 0 aliphatic heterocycles. The third kappa shape index (κ3) is 4.45. The number of nitrogens with one attached hydrogen (secondary N) is 1. The second-order valence-corrected chi connectivity index (χ2v) is 5.42. The number of anilines is 1. The van der Waals surface area contributed by atoms with Crippen molar-refractivity contribution in [2.24, 2.45) is 5.92 Å². The van der Waals surface area contributed by atoms with Crippen molar-refractivity contribution < 1.29 is 14.3 Å². The van der Waals surface area contributed by atoms with Crippen LogP contribution in [-0.4, -0.2) is 18.0 Å². The third-order valence-electron chi connectivity index (χ3n) is 3.58. The molecule has 1 aliphatic rings. The molecule has 21 heavy (non-hydrogen) atoms. The maximum absolute atomic E-state index is 12.0. The molecule has 112 valence electrons. The summed E-state index contributed by atoms with van der Waals surface area (Å²) >= 11 is 0. The van der Waals surface area contributed by atoms with Gasteiger partial charge in [0.1, 0.15) is 0 Å². The number of aryl methyl sites for hydroxylation is 1. The van der Waals surface area contributed by atoms with Crippen LogP contribution in [0, 0.1) is 12.8 Å². The first-order valence-corrected chi connectivity index (χ1v) is 7.29. The van der Waals surface area contributed by atoms with E-state index in [1.807, 2.05) is 37.3 Å². The second-order valence-electron chi connectivity index (χ2n) is 5.42. The lowest BCUT2D eigenvalue weighted by molar-refractivity contribution is -0.157. The number of amides is 1. The van der Waals surface area contributed by atoms with Gasteiger partial charge in [0.05, 0.1) is 5.92 Å². The van der Waals surface area contributed by atoms with Gasteiger partial charge in [0.15, 0.2) is 6.10 Å². The maximum Gasteiger partial charge on any atom is 0.310 e. The van der Waals surface area contributed by atoms with Gasteiger partial charge in [-0.2, -0.15) is 0 Å². The van der Waals surface area contributed by atoms with Crippen LogP contribution in [0.25, 0.3) is 0 Å². The molecule has 0 bridgehead atoms. The molecule has 1 aromatic carbocycles. The zero-order chi connectivity index (χ0) is 15.2. The largest absolute Gasteiger partial charge is 0.452 e. The van der Waals surface area contributed by atoms with E-state index in [1.165, 1.54) is 0 Å². The summed E-state index contributed by atoms with van der Waals surface area (Å²) in [7, 11) is 0. The molecule has 1 aromatic rings. The standard InChI is InChI=1S/C17H21NO3/c1-12-8-10-15(11-9-12)18-16(19)13(2)21-17(20)14-6-4-3-5-7-14/h3-4,8-11,13-14H,5-7H2,1-2H3,(H,18,19)/t13-,14-/m1/s1. The highest BCUT2D eigenvalue weighted by molar-refractivity contribution is 5.95. The number of esters is 1. The Bertz CT molecular complexity index is 533. The van der Waals surface area contributed by atoms with Gasteiger partial charge in [-0.05, 0) is 45.2 Å². The smallest absolute Gasteiger partial charge is 0.310 e. The molecule has 0 heterocycles. The Hall–Kier alpha value is -2.10. The van der Waals surface area contributed by atoms with Gasteiger partial charge in [-0.1, -0.05) is 29.8 Å². The van der Waals surface area contributed by atoms with Gasteiger partial charge in [-0.25, -0.2) is 0 Å². The second kappa shape index (κ2) is 7.07. The lowest BCUT2D eigenvalue weighted by Gasteiger charge is -2.19. The zero-order valence-corrected chi connectivity index (χ0v) is 12.5. The molecule has 1 aliphatic carbocycles. The molecular weight excluding hydrogens is 266 g/mol. The van der Waals surface area contributed by atoms with E-state index in [-0.39, 0.29) is 17.8 Å². The highest BCUT2D eigenvalue weighted by Crippen LogP contribution is 2.20. The van der Waals surface area contributed by atoms with E-state index >= 15 is 0 Å². The monoisotopic (exact) mass is 287 g/mol. The molecule has 0 fully saturated rings. The number of benzene rings is 1. The first-order chi connectivity index (χ1) is 10.1. The number of allylic oxidation sites excluding steroid dienone is 2. The van der Waals surface area contributed by atoms with E-state index in [4.69, 9.17) is 4.74 Å². The summed E-state index contributed by atoms with van der Waals surface area (Å²) < 4.78 is 5.26. The van der Waals surface area contributed by atoms with Crippen molar-refractivity contribution >= 4 is 17.6 Å². The Labute approximate surface area is 125 Å². The fraction of sp³-hybridized carbons (Fsp3) is 0.412. The van der Waals surface area contributed by atoms with Crippen molar-refractivity contribution in [2.45, 2.75) is 39.2 Å². The number of hydrogen-bond acceptors (Lipinski definition) is 3. The maximum atomic E-state index is 12.0. The topological polar surface area (TPSA) is 55.4 Å². The van der Waals surface area contributed by atoms with Crippen LogP contribution >= 0.6 is 0 Å². The third-order valence-corrected chi connectivity index (χ3v) is 3.58. The predicted molar refractivity (Wildman–Crippen MR) is 81.8 cm³/mol. The van der Waals surface area contributed by atoms with Gasteiger partial charge in [0.25, 0.3) is 5.91 Å². The number of carbonyl (C=O) groups excluding carboxylic acids is 2. The van der Waals surface area contributed by atoms with Crippen molar-refractivity contribution in [2.75, 3.05) is 5.32 Å². The van der Waals surface area contributed by atoms with E-state index in [0.29, 0.717) is 12.1 Å². The number of hydrogen-bond donors (Lipinski definition) is 1. The number of carbonyl (C=O) groups is 2. The highest BCUT2D eigenvalue weighted by atomic mass is 16.5. The molecule has 4 nitrogen and oxygen atoms in total. The SMILES string of the molecule is Cc1ccc(NC(=O)[C@@H](C)OC(=O)[C@@H]2CC=CCC2)cc1. The molecule has 0 radical (unpaired) electrons. The number of rotatable bonds is 4. The van der Waals surface area contributed by atoms with Crippen molar-refractivity contribution in [1.82, 2.24) is 0 Å². The van der Waals surface area contributed by atoms with Gasteiger partial charge in [0.2, 0.25) is 0 Å². The molecule has 1 amide bonds. The van der Waals surface area contributed by atoms with E-state index in [0.717, 1.165) is 18.4 Å². The van der Waals surface area contributed by atoms with Gasteiger partial charge in [-0.15, -0.1) is 0 Å². The minimum absolute atomic E-state index is 0.121. The van der Waals surface area contributed by atoms with Crippen molar-refractivity contribution in [3.05, 3.63) is 42.0 Å². The molecule has 4 heteroatoms. The Morgan fingerprint density at radius 1 is 1.24 bits per heavy atom. The van der Waals surface area contributed by atoms with Crippen LogP contribution in [0.5, 0.6) is 0 Å². The van der Waals surface area contributed by atoms with Gasteiger partial charge in [0, 0.05) is 5.69 Å². The van der Waals surface area contributed by atoms with Crippen LogP contribution in [0.3, 0.4) is 0 Å². The summed E-state index contributed by atoms with van der Waals surface area (Å²) in [6, 6.07) is 7.49. The lowest BCUT2D eigenvalue weighted by Crippen LogP contribution is -2.32. The molecular formula is C17H21NO3. The average Bonchev–Trinajstić information content (AvgIpc) is 2.50. The van der Waals surface area contributed by atoms with Crippen LogP contribution in [0.2, 0.25) is 0 Å². The van der Waals surface area contributed by atoms with Crippen molar-refractivity contribution in [3.63, 3.8) is 0 Å². The quantitative estimate of drug-likeness (QED) is 0.683. The van der Waals surface area contributed by atoms with E-state index < -0.39 is 6.10 Å². The molecule has 0 unspecified atom stereocenters. The first-order valence-electron chi connectivity index (χ1n) is 7.29. The Kier molecular flexibility index (Phi) is 5.14. The highest BCUT2D eigenvalue weighted by Gasteiger charge is 2.24. The van der Waals surface area contributed by atoms with Gasteiger partial charge >= 0.3 is 5.97 Å². The normalized spacial score (nSPS) is 18.9. The molecule has 0 saturated heterocycles. The Morgan fingerprint density at radius 3 is 2.57 bits per heavy atom. The number of ether oxygens (including phenoxy) is 1. The van der Waals surface area contributed by atoms with E-state index in [9.17, 15) is 9.59 Å². The zero-order valence-electron chi connectivity index (χ0n) is 12.5. The molecule has 2 atom stereocenters. The summed E-state index contributed by atoms with van der Waals surface area (Å²) in [4.78, 5) is 24.0. The van der Waals surface area contributed by atoms with Crippen LogP contribution in [0.4, 0.5) is 5.69 Å². The minimum atomic E-state index is -0.787. The van der Waals surface area contributed by atoms with Crippen molar-refractivity contribution in [3.8, 4) is 0 Å². The Balaban J connectivity index is 1.85. The fourth-order valence-corrected chi connectivity index (χ4v) is 2.21. The lowest BCUT2D eigenvalue weighted by atomic mass is 9.95. The average molecular weight is 287 g/mol. The fourth-order valence-electron chi connectivity index (χ4n) is 2.21. The van der Waals surface area contributed by atoms with Crippen LogP contribution in [-0.2, 0) is 14.3 Å². The molecule has 1 N–H and O–H groups in total. The summed E-state index contributed by atoms with van der Waals surface area (Å²) in [5.41, 5.74) is 1.83. The van der Waals surface area contributed by atoms with E-state index in [2.05, 4.69) is 11.4 Å². The Morgan fingerprint density at radius 2 is 1.95 bits per heavy atom. The van der Waals surface area contributed by atoms with Crippen LogP contribution in [0.1, 0.15) is 31.7 Å². The van der Waals surface area contributed by atoms with Gasteiger partial charge in [-0.3, -0.25) is 9.59 Å². The minimum Gasteiger partial charge on any atom is -0.452 e. The van der Waals surface area contributed by atoms with Crippen LogP contribution in [0.15, 0.2) is 36.4 Å².